The van der Waals surface area contributed by atoms with Gasteiger partial charge in [0.25, 0.3) is 0 Å². The Morgan fingerprint density at radius 1 is 1.50 bits per heavy atom. The molecule has 14 heavy (non-hydrogen) atoms. The number of carbonyl (C=O) groups excluding carboxylic acids is 2. The first-order valence-corrected chi connectivity index (χ1v) is 5.01. The highest BCUT2D eigenvalue weighted by atomic mass is 32.1. The van der Waals surface area contributed by atoms with Crippen molar-refractivity contribution in [1.82, 2.24) is 15.6 Å². The Morgan fingerprint density at radius 2 is 2.29 bits per heavy atom. The standard InChI is InChI=1S/C8H11N3O2S/c1-9-8(13)3-10-7(12)2-6-4-14-5-11-6/h4-5H,2-3H2,1H3,(H,9,13)(H,10,12). The van der Waals surface area contributed by atoms with Gasteiger partial charge in [-0.1, -0.05) is 0 Å². The number of carbonyl (C=O) groups is 2. The SMILES string of the molecule is CNC(=O)CNC(=O)Cc1cscn1. The van der Waals surface area contributed by atoms with Gasteiger partial charge in [-0.2, -0.15) is 0 Å². The first-order valence-electron chi connectivity index (χ1n) is 4.06. The predicted molar refractivity (Wildman–Crippen MR) is 52.9 cm³/mol. The van der Waals surface area contributed by atoms with Crippen molar-refractivity contribution in [1.29, 1.82) is 0 Å². The molecule has 0 aliphatic rings. The Hall–Kier alpha value is -1.43. The van der Waals surface area contributed by atoms with Gasteiger partial charge in [0.2, 0.25) is 11.8 Å². The van der Waals surface area contributed by atoms with Crippen LogP contribution in [0.25, 0.3) is 0 Å². The van der Waals surface area contributed by atoms with Crippen LogP contribution in [-0.4, -0.2) is 30.4 Å². The third-order valence-electron chi connectivity index (χ3n) is 1.55. The molecule has 2 N–H and O–H groups in total. The molecule has 0 atom stereocenters. The molecule has 76 valence electrons. The Kier molecular flexibility index (Phi) is 4.06. The van der Waals surface area contributed by atoms with Crippen molar-refractivity contribution in [2.45, 2.75) is 6.42 Å². The van der Waals surface area contributed by atoms with Crippen molar-refractivity contribution < 1.29 is 9.59 Å². The number of likely N-dealkylation sites (N-methyl/N-ethyl adjacent to an activating group) is 1. The summed E-state index contributed by atoms with van der Waals surface area (Å²) in [6, 6.07) is 0. The number of hydrogen-bond donors (Lipinski definition) is 2. The van der Waals surface area contributed by atoms with Crippen molar-refractivity contribution >= 4 is 23.2 Å². The minimum absolute atomic E-state index is 0.0134. The third-order valence-corrected chi connectivity index (χ3v) is 2.19. The van der Waals surface area contributed by atoms with E-state index in [1.165, 1.54) is 18.4 Å². The first kappa shape index (κ1) is 10.6. The normalized spacial score (nSPS) is 9.50. The minimum Gasteiger partial charge on any atom is -0.358 e. The Morgan fingerprint density at radius 3 is 2.86 bits per heavy atom. The summed E-state index contributed by atoms with van der Waals surface area (Å²) in [5, 5.41) is 6.70. The molecule has 1 heterocycles. The second kappa shape index (κ2) is 5.33. The van der Waals surface area contributed by atoms with Gasteiger partial charge in [-0.05, 0) is 0 Å². The van der Waals surface area contributed by atoms with Crippen LogP contribution in [0.5, 0.6) is 0 Å². The lowest BCUT2D eigenvalue weighted by Crippen LogP contribution is -2.35. The Labute approximate surface area is 85.5 Å². The van der Waals surface area contributed by atoms with Gasteiger partial charge in [0.15, 0.2) is 0 Å². The number of aromatic nitrogens is 1. The highest BCUT2D eigenvalue weighted by Crippen LogP contribution is 2.00. The molecular weight excluding hydrogens is 202 g/mol. The maximum absolute atomic E-state index is 11.2. The monoisotopic (exact) mass is 213 g/mol. The Balaban J connectivity index is 2.26. The van der Waals surface area contributed by atoms with Crippen molar-refractivity contribution in [3.05, 3.63) is 16.6 Å². The molecule has 0 saturated carbocycles. The van der Waals surface area contributed by atoms with E-state index in [0.29, 0.717) is 0 Å². The van der Waals surface area contributed by atoms with Crippen molar-refractivity contribution in [3.8, 4) is 0 Å². The van der Waals surface area contributed by atoms with E-state index < -0.39 is 0 Å². The number of amides is 2. The number of nitrogens with zero attached hydrogens (tertiary/aromatic N) is 1. The zero-order chi connectivity index (χ0) is 10.4. The maximum atomic E-state index is 11.2. The van der Waals surface area contributed by atoms with Crippen LogP contribution in [0.4, 0.5) is 0 Å². The van der Waals surface area contributed by atoms with E-state index in [-0.39, 0.29) is 24.8 Å². The third kappa shape index (κ3) is 3.53. The summed E-state index contributed by atoms with van der Waals surface area (Å²) in [5.74, 6) is -0.406. The van der Waals surface area contributed by atoms with E-state index in [2.05, 4.69) is 15.6 Å². The summed E-state index contributed by atoms with van der Waals surface area (Å²) in [4.78, 5) is 25.9. The molecule has 0 aromatic carbocycles. The maximum Gasteiger partial charge on any atom is 0.239 e. The van der Waals surface area contributed by atoms with Crippen LogP contribution in [0.1, 0.15) is 5.69 Å². The first-order chi connectivity index (χ1) is 6.72. The van der Waals surface area contributed by atoms with Crippen LogP contribution in [-0.2, 0) is 16.0 Å². The summed E-state index contributed by atoms with van der Waals surface area (Å²) in [5.41, 5.74) is 2.39. The number of rotatable bonds is 4. The summed E-state index contributed by atoms with van der Waals surface area (Å²) in [6.07, 6.45) is 0.223. The van der Waals surface area contributed by atoms with E-state index in [1.807, 2.05) is 0 Å². The molecule has 0 bridgehead atoms. The lowest BCUT2D eigenvalue weighted by Gasteiger charge is -2.02. The van der Waals surface area contributed by atoms with Gasteiger partial charge in [0, 0.05) is 12.4 Å². The molecule has 0 spiro atoms. The quantitative estimate of drug-likeness (QED) is 0.711. The summed E-state index contributed by atoms with van der Waals surface area (Å²) in [6.45, 7) is 0.0134. The molecular formula is C8H11N3O2S. The molecule has 2 amide bonds. The molecule has 0 aliphatic carbocycles. The van der Waals surface area contributed by atoms with Crippen LogP contribution in [0.3, 0.4) is 0 Å². The molecule has 0 aliphatic heterocycles. The molecule has 1 aromatic rings. The number of nitrogens with one attached hydrogen (secondary N) is 2. The van der Waals surface area contributed by atoms with Gasteiger partial charge in [-0.15, -0.1) is 11.3 Å². The smallest absolute Gasteiger partial charge is 0.239 e. The molecule has 5 nitrogen and oxygen atoms in total. The van der Waals surface area contributed by atoms with E-state index in [1.54, 1.807) is 10.9 Å². The molecule has 0 fully saturated rings. The van der Waals surface area contributed by atoms with Crippen LogP contribution in [0.2, 0.25) is 0 Å². The van der Waals surface area contributed by atoms with Gasteiger partial charge in [-0.25, -0.2) is 4.98 Å². The average molecular weight is 213 g/mol. The summed E-state index contributed by atoms with van der Waals surface area (Å²) >= 11 is 1.44. The minimum atomic E-state index is -0.211. The molecule has 1 aromatic heterocycles. The zero-order valence-electron chi connectivity index (χ0n) is 7.74. The Bertz CT molecular complexity index is 310. The second-order valence-electron chi connectivity index (χ2n) is 2.61. The van der Waals surface area contributed by atoms with Crippen molar-refractivity contribution in [2.75, 3.05) is 13.6 Å². The van der Waals surface area contributed by atoms with Crippen LogP contribution in [0.15, 0.2) is 10.9 Å². The van der Waals surface area contributed by atoms with E-state index in [9.17, 15) is 9.59 Å². The highest BCUT2D eigenvalue weighted by molar-refractivity contribution is 7.07. The van der Waals surface area contributed by atoms with Crippen LogP contribution in [0, 0.1) is 0 Å². The largest absolute Gasteiger partial charge is 0.358 e. The van der Waals surface area contributed by atoms with Gasteiger partial charge in [0.1, 0.15) is 0 Å². The zero-order valence-corrected chi connectivity index (χ0v) is 8.56. The summed E-state index contributed by atoms with van der Waals surface area (Å²) in [7, 11) is 1.52. The molecule has 0 saturated heterocycles. The van der Waals surface area contributed by atoms with Gasteiger partial charge >= 0.3 is 0 Å². The molecule has 0 unspecified atom stereocenters. The van der Waals surface area contributed by atoms with E-state index in [4.69, 9.17) is 0 Å². The van der Waals surface area contributed by atoms with Crippen LogP contribution >= 0.6 is 11.3 Å². The van der Waals surface area contributed by atoms with Crippen LogP contribution < -0.4 is 10.6 Å². The molecule has 0 radical (unpaired) electrons. The predicted octanol–water partition coefficient (Wildman–Crippen LogP) is -0.452. The number of hydrogen-bond acceptors (Lipinski definition) is 4. The van der Waals surface area contributed by atoms with Gasteiger partial charge in [0.05, 0.1) is 24.2 Å². The number of thiazole rings is 1. The van der Waals surface area contributed by atoms with Gasteiger partial charge in [-0.3, -0.25) is 9.59 Å². The highest BCUT2D eigenvalue weighted by Gasteiger charge is 2.05. The summed E-state index contributed by atoms with van der Waals surface area (Å²) < 4.78 is 0. The lowest BCUT2D eigenvalue weighted by atomic mass is 10.3. The molecule has 6 heteroatoms. The van der Waals surface area contributed by atoms with Crippen molar-refractivity contribution in [3.63, 3.8) is 0 Å². The van der Waals surface area contributed by atoms with E-state index >= 15 is 0 Å². The van der Waals surface area contributed by atoms with Crippen molar-refractivity contribution in [2.24, 2.45) is 0 Å². The fourth-order valence-corrected chi connectivity index (χ4v) is 1.38. The fourth-order valence-electron chi connectivity index (χ4n) is 0.819. The van der Waals surface area contributed by atoms with Gasteiger partial charge < -0.3 is 10.6 Å². The molecule has 1 rings (SSSR count). The lowest BCUT2D eigenvalue weighted by molar-refractivity contribution is -0.125. The van der Waals surface area contributed by atoms with E-state index in [0.717, 1.165) is 5.69 Å². The topological polar surface area (TPSA) is 71.1 Å². The second-order valence-corrected chi connectivity index (χ2v) is 3.33. The fraction of sp³-hybridized carbons (Fsp3) is 0.375. The average Bonchev–Trinajstić information content (AvgIpc) is 2.66.